The number of alkyl halides is 1. The zero-order valence-electron chi connectivity index (χ0n) is 6.64. The molecule has 1 heterocycles. The number of thioether (sulfide) groups is 1. The van der Waals surface area contributed by atoms with Gasteiger partial charge in [0.2, 0.25) is 0 Å². The van der Waals surface area contributed by atoms with Gasteiger partial charge in [0.15, 0.2) is 0 Å². The number of halogens is 1. The van der Waals surface area contributed by atoms with E-state index in [1.165, 1.54) is 21.9 Å². The fraction of sp³-hybridized carbons (Fsp3) is 0.333. The molecule has 64 valence electrons. The number of hydrogen-bond acceptors (Lipinski definition) is 2. The van der Waals surface area contributed by atoms with Crippen molar-refractivity contribution in [1.82, 2.24) is 0 Å². The van der Waals surface area contributed by atoms with E-state index in [0.717, 1.165) is 11.9 Å². The van der Waals surface area contributed by atoms with E-state index in [1.807, 2.05) is 11.8 Å². The van der Waals surface area contributed by atoms with Crippen molar-refractivity contribution in [3.05, 3.63) is 23.8 Å². The molecule has 2 rings (SSSR count). The Morgan fingerprint density at radius 3 is 3.25 bits per heavy atom. The second-order valence-electron chi connectivity index (χ2n) is 2.74. The summed E-state index contributed by atoms with van der Waals surface area (Å²) in [4.78, 5) is 1.39. The smallest absolute Gasteiger partial charge is 0.0478 e. The summed E-state index contributed by atoms with van der Waals surface area (Å²) in [7, 11) is 0. The van der Waals surface area contributed by atoms with Crippen molar-refractivity contribution < 1.29 is 0 Å². The quantitative estimate of drug-likeness (QED) is 0.762. The number of hydrogen-bond donors (Lipinski definition) is 1. The van der Waals surface area contributed by atoms with Crippen molar-refractivity contribution in [2.45, 2.75) is 10.2 Å². The van der Waals surface area contributed by atoms with Gasteiger partial charge in [0.25, 0.3) is 0 Å². The predicted octanol–water partition coefficient (Wildman–Crippen LogP) is 3.10. The number of fused-ring (bicyclic) bond motifs is 1. The van der Waals surface area contributed by atoms with Crippen LogP contribution in [-0.2, 0) is 5.33 Å². The molecule has 0 saturated heterocycles. The maximum Gasteiger partial charge on any atom is 0.0478 e. The highest BCUT2D eigenvalue weighted by atomic mass is 79.9. The molecule has 0 fully saturated rings. The van der Waals surface area contributed by atoms with E-state index in [0.29, 0.717) is 0 Å². The van der Waals surface area contributed by atoms with Crippen LogP contribution in [-0.4, -0.2) is 12.3 Å². The highest BCUT2D eigenvalue weighted by Crippen LogP contribution is 2.31. The van der Waals surface area contributed by atoms with Gasteiger partial charge in [-0.25, -0.2) is 0 Å². The highest BCUT2D eigenvalue weighted by Gasteiger charge is 2.08. The summed E-state index contributed by atoms with van der Waals surface area (Å²) in [6, 6.07) is 6.57. The average molecular weight is 244 g/mol. The van der Waals surface area contributed by atoms with Crippen LogP contribution in [0.4, 0.5) is 5.69 Å². The molecule has 0 spiro atoms. The molecule has 1 aromatic rings. The summed E-state index contributed by atoms with van der Waals surface area (Å²) in [5.74, 6) is 1.18. The third-order valence-electron chi connectivity index (χ3n) is 1.88. The molecule has 12 heavy (non-hydrogen) atoms. The first kappa shape index (κ1) is 8.45. The lowest BCUT2D eigenvalue weighted by Gasteiger charge is -2.17. The van der Waals surface area contributed by atoms with E-state index in [1.54, 1.807) is 0 Å². The zero-order valence-corrected chi connectivity index (χ0v) is 9.04. The Morgan fingerprint density at radius 1 is 1.50 bits per heavy atom. The minimum atomic E-state index is 0.945. The first-order chi connectivity index (χ1) is 5.90. The topological polar surface area (TPSA) is 12.0 Å². The SMILES string of the molecule is BrCc1ccc2c(c1)SCCN2. The van der Waals surface area contributed by atoms with Crippen LogP contribution in [0.3, 0.4) is 0 Å². The standard InChI is InChI=1S/C9H10BrNS/c10-6-7-1-2-8-9(5-7)12-4-3-11-8/h1-2,5,11H,3-4,6H2. The van der Waals surface area contributed by atoms with Gasteiger partial charge in [0.1, 0.15) is 0 Å². The maximum atomic E-state index is 3.46. The molecule has 1 aliphatic heterocycles. The molecular weight excluding hydrogens is 234 g/mol. The van der Waals surface area contributed by atoms with Crippen LogP contribution in [0.1, 0.15) is 5.56 Å². The lowest BCUT2D eigenvalue weighted by Crippen LogP contribution is -2.09. The molecule has 1 aromatic carbocycles. The molecule has 0 bridgehead atoms. The predicted molar refractivity (Wildman–Crippen MR) is 58.3 cm³/mol. The number of rotatable bonds is 1. The molecule has 1 nitrogen and oxygen atoms in total. The molecule has 0 unspecified atom stereocenters. The normalized spacial score (nSPS) is 15.1. The molecule has 0 atom stereocenters. The molecular formula is C9H10BrNS. The largest absolute Gasteiger partial charge is 0.383 e. The minimum absolute atomic E-state index is 0.945. The summed E-state index contributed by atoms with van der Waals surface area (Å²) in [5.41, 5.74) is 2.64. The summed E-state index contributed by atoms with van der Waals surface area (Å²) < 4.78 is 0. The third kappa shape index (κ3) is 1.62. The maximum absolute atomic E-state index is 3.46. The minimum Gasteiger partial charge on any atom is -0.383 e. The van der Waals surface area contributed by atoms with Crippen LogP contribution in [0, 0.1) is 0 Å². The van der Waals surface area contributed by atoms with E-state index >= 15 is 0 Å². The van der Waals surface area contributed by atoms with Crippen LogP contribution in [0.2, 0.25) is 0 Å². The van der Waals surface area contributed by atoms with Crippen molar-refractivity contribution in [1.29, 1.82) is 0 Å². The van der Waals surface area contributed by atoms with Crippen molar-refractivity contribution in [2.75, 3.05) is 17.6 Å². The van der Waals surface area contributed by atoms with Gasteiger partial charge in [0, 0.05) is 28.2 Å². The van der Waals surface area contributed by atoms with Crippen molar-refractivity contribution in [3.63, 3.8) is 0 Å². The lowest BCUT2D eigenvalue weighted by molar-refractivity contribution is 1.16. The molecule has 1 N–H and O–H groups in total. The molecule has 0 amide bonds. The van der Waals surface area contributed by atoms with Crippen LogP contribution in [0.5, 0.6) is 0 Å². The van der Waals surface area contributed by atoms with Gasteiger partial charge in [-0.05, 0) is 17.7 Å². The van der Waals surface area contributed by atoms with Gasteiger partial charge in [0.05, 0.1) is 0 Å². The van der Waals surface area contributed by atoms with Crippen LogP contribution in [0.25, 0.3) is 0 Å². The van der Waals surface area contributed by atoms with Crippen molar-refractivity contribution >= 4 is 33.4 Å². The Labute approximate surface area is 85.1 Å². The third-order valence-corrected chi connectivity index (χ3v) is 3.58. The van der Waals surface area contributed by atoms with Crippen LogP contribution < -0.4 is 5.32 Å². The number of anilines is 1. The average Bonchev–Trinajstić information content (AvgIpc) is 2.17. The van der Waals surface area contributed by atoms with Gasteiger partial charge < -0.3 is 5.32 Å². The molecule has 0 aliphatic carbocycles. The van der Waals surface area contributed by atoms with E-state index < -0.39 is 0 Å². The van der Waals surface area contributed by atoms with E-state index in [4.69, 9.17) is 0 Å². The molecule has 0 radical (unpaired) electrons. The van der Waals surface area contributed by atoms with Gasteiger partial charge in [-0.2, -0.15) is 0 Å². The Morgan fingerprint density at radius 2 is 2.42 bits per heavy atom. The summed E-state index contributed by atoms with van der Waals surface area (Å²) in [5, 5.41) is 4.32. The lowest BCUT2D eigenvalue weighted by atomic mass is 10.2. The van der Waals surface area contributed by atoms with E-state index in [9.17, 15) is 0 Å². The first-order valence-electron chi connectivity index (χ1n) is 3.96. The van der Waals surface area contributed by atoms with E-state index in [2.05, 4.69) is 39.4 Å². The van der Waals surface area contributed by atoms with E-state index in [-0.39, 0.29) is 0 Å². The first-order valence-corrected chi connectivity index (χ1v) is 6.06. The Hall–Kier alpha value is -0.150. The van der Waals surface area contributed by atoms with Crippen molar-refractivity contribution in [2.24, 2.45) is 0 Å². The Balaban J connectivity index is 2.36. The summed E-state index contributed by atoms with van der Waals surface area (Å²) in [6.07, 6.45) is 0. The summed E-state index contributed by atoms with van der Waals surface area (Å²) in [6.45, 7) is 1.09. The zero-order chi connectivity index (χ0) is 8.39. The summed E-state index contributed by atoms with van der Waals surface area (Å²) >= 11 is 5.39. The fourth-order valence-corrected chi connectivity index (χ4v) is 2.57. The Kier molecular flexibility index (Phi) is 2.61. The Bertz CT molecular complexity index is 288. The second-order valence-corrected chi connectivity index (χ2v) is 4.44. The van der Waals surface area contributed by atoms with Gasteiger partial charge >= 0.3 is 0 Å². The molecule has 1 aliphatic rings. The molecule has 3 heteroatoms. The number of benzene rings is 1. The number of nitrogens with one attached hydrogen (secondary N) is 1. The molecule has 0 aromatic heterocycles. The van der Waals surface area contributed by atoms with Crippen LogP contribution >= 0.6 is 27.7 Å². The van der Waals surface area contributed by atoms with Crippen LogP contribution in [0.15, 0.2) is 23.1 Å². The van der Waals surface area contributed by atoms with Gasteiger partial charge in [-0.15, -0.1) is 11.8 Å². The second kappa shape index (κ2) is 3.71. The monoisotopic (exact) mass is 243 g/mol. The molecule has 0 saturated carbocycles. The van der Waals surface area contributed by atoms with Gasteiger partial charge in [-0.3, -0.25) is 0 Å². The fourth-order valence-electron chi connectivity index (χ4n) is 1.26. The highest BCUT2D eigenvalue weighted by molar-refractivity contribution is 9.08. The van der Waals surface area contributed by atoms with Crippen molar-refractivity contribution in [3.8, 4) is 0 Å². The van der Waals surface area contributed by atoms with Gasteiger partial charge in [-0.1, -0.05) is 22.0 Å².